The van der Waals surface area contributed by atoms with E-state index in [1.807, 2.05) is 0 Å². The van der Waals surface area contributed by atoms with Gasteiger partial charge in [-0.1, -0.05) is 0 Å². The molecule has 0 radical (unpaired) electrons. The molecule has 0 bridgehead atoms. The third-order valence-corrected chi connectivity index (χ3v) is 0. The van der Waals surface area contributed by atoms with Gasteiger partial charge in [0.1, 0.15) is 0 Å². The number of rotatable bonds is 0. The van der Waals surface area contributed by atoms with E-state index in [1.165, 1.54) is 0 Å². The summed E-state index contributed by atoms with van der Waals surface area (Å²) in [6.45, 7) is 0.833. The Morgan fingerprint density at radius 3 is 1.56 bits per heavy atom. The fourth-order valence-electron chi connectivity index (χ4n) is 0. The highest BCUT2D eigenvalue weighted by Gasteiger charge is 1.86. The van der Waals surface area contributed by atoms with E-state index in [0.717, 1.165) is 6.92 Å². The van der Waals surface area contributed by atoms with Crippen molar-refractivity contribution in [3.63, 3.8) is 0 Å². The summed E-state index contributed by atoms with van der Waals surface area (Å²) in [7, 11) is -0.137. The first-order chi connectivity index (χ1) is 3.73. The molecule has 0 aliphatic heterocycles. The van der Waals surface area contributed by atoms with Crippen LogP contribution in [0.25, 0.3) is 0 Å². The smallest absolute Gasteiger partial charge is 0.273 e. The van der Waals surface area contributed by atoms with Crippen molar-refractivity contribution in [3.8, 4) is 0 Å². The number of hydrogen-bond donors (Lipinski definition) is 1. The van der Waals surface area contributed by atoms with E-state index in [4.69, 9.17) is 13.0 Å². The Hall–Kier alpha value is 0.0600. The molecular formula is C2H5ClF2O3S. The monoisotopic (exact) mass is 182 g/mol. The van der Waals surface area contributed by atoms with E-state index in [0.29, 0.717) is 0 Å². The van der Waals surface area contributed by atoms with Crippen LogP contribution in [0.2, 0.25) is 0 Å². The van der Waals surface area contributed by atoms with Crippen molar-refractivity contribution in [3.05, 3.63) is 0 Å². The Morgan fingerprint density at radius 2 is 1.56 bits per heavy atom. The van der Waals surface area contributed by atoms with E-state index < -0.39 is 15.8 Å². The Bertz CT molecular complexity index is 131. The quantitative estimate of drug-likeness (QED) is 0.454. The highest BCUT2D eigenvalue weighted by molar-refractivity contribution is 8.09. The van der Waals surface area contributed by atoms with Gasteiger partial charge in [0.15, 0.2) is 0 Å². The first-order valence-electron chi connectivity index (χ1n) is 1.68. The Morgan fingerprint density at radius 1 is 1.56 bits per heavy atom. The average molecular weight is 183 g/mol. The fraction of sp³-hybridized carbons (Fsp3) is 1.00. The number of halogens is 3. The zero-order valence-corrected chi connectivity index (χ0v) is 5.96. The highest BCUT2D eigenvalue weighted by atomic mass is 35.7. The molecule has 3 nitrogen and oxygen atoms in total. The third-order valence-electron chi connectivity index (χ3n) is 0. The van der Waals surface area contributed by atoms with Crippen LogP contribution in [-0.2, 0) is 9.33 Å². The molecule has 0 aliphatic carbocycles. The van der Waals surface area contributed by atoms with Gasteiger partial charge in [-0.3, -0.25) is 4.55 Å². The largest absolute Gasteiger partial charge is 0.353 e. The second kappa shape index (κ2) is 4.89. The zero-order chi connectivity index (χ0) is 8.08. The van der Waals surface area contributed by atoms with Crippen LogP contribution in [-0.4, -0.2) is 19.4 Å². The summed E-state index contributed by atoms with van der Waals surface area (Å²) in [4.78, 5) is 0. The first-order valence-corrected chi connectivity index (χ1v) is 3.95. The van der Waals surface area contributed by atoms with Crippen LogP contribution in [0.4, 0.5) is 8.78 Å². The normalized spacial score (nSPS) is 10.4. The Labute approximate surface area is 55.9 Å². The summed E-state index contributed by atoms with van der Waals surface area (Å²) >= 11 is 0. The molecular weight excluding hydrogens is 178 g/mol. The van der Waals surface area contributed by atoms with E-state index >= 15 is 0 Å². The lowest BCUT2D eigenvalue weighted by atomic mass is 10.9. The fourth-order valence-corrected chi connectivity index (χ4v) is 0. The van der Waals surface area contributed by atoms with Gasteiger partial charge in [0, 0.05) is 10.7 Å². The standard InChI is InChI=1S/C2H4F2.ClHO3S/c1-2(3)4;1-5(2,3)4/h2H,1H3;(H,2,3,4). The predicted octanol–water partition coefficient (Wildman–Crippen LogP) is 1.30. The minimum Gasteiger partial charge on any atom is -0.273 e. The molecule has 9 heavy (non-hydrogen) atoms. The summed E-state index contributed by atoms with van der Waals surface area (Å²) in [5.41, 5.74) is 0. The Balaban J connectivity index is 0. The van der Waals surface area contributed by atoms with E-state index in [1.54, 1.807) is 0 Å². The molecule has 0 saturated heterocycles. The lowest BCUT2D eigenvalue weighted by Gasteiger charge is -1.70. The predicted molar refractivity (Wildman–Crippen MR) is 29.1 cm³/mol. The summed E-state index contributed by atoms with van der Waals surface area (Å²) in [5, 5.41) is 0. The molecule has 0 aliphatic rings. The van der Waals surface area contributed by atoms with Crippen LogP contribution in [0.1, 0.15) is 6.92 Å². The van der Waals surface area contributed by atoms with Crippen LogP contribution >= 0.6 is 10.7 Å². The maximum atomic E-state index is 10.3. The van der Waals surface area contributed by atoms with Crippen LogP contribution in [0, 0.1) is 0 Å². The molecule has 0 unspecified atom stereocenters. The van der Waals surface area contributed by atoms with E-state index in [9.17, 15) is 8.78 Å². The van der Waals surface area contributed by atoms with Crippen LogP contribution in [0.3, 0.4) is 0 Å². The molecule has 1 N–H and O–H groups in total. The summed E-state index contributed by atoms with van der Waals surface area (Å²) in [5.74, 6) is 0. The maximum Gasteiger partial charge on any atom is 0.353 e. The Kier molecular flexibility index (Phi) is 6.42. The maximum absolute atomic E-state index is 10.3. The zero-order valence-electron chi connectivity index (χ0n) is 4.38. The van der Waals surface area contributed by atoms with Crippen molar-refractivity contribution in [2.24, 2.45) is 0 Å². The van der Waals surface area contributed by atoms with Gasteiger partial charge in [-0.25, -0.2) is 8.78 Å². The molecule has 0 rings (SSSR count). The van der Waals surface area contributed by atoms with Gasteiger partial charge in [-0.2, -0.15) is 8.42 Å². The molecule has 58 valence electrons. The van der Waals surface area contributed by atoms with Gasteiger partial charge >= 0.3 is 9.33 Å². The van der Waals surface area contributed by atoms with Gasteiger partial charge in [0.05, 0.1) is 0 Å². The average Bonchev–Trinajstić information content (AvgIpc) is 1.19. The van der Waals surface area contributed by atoms with Crippen LogP contribution in [0.15, 0.2) is 0 Å². The van der Waals surface area contributed by atoms with Gasteiger partial charge in [0.2, 0.25) is 6.43 Å². The van der Waals surface area contributed by atoms with Crippen molar-refractivity contribution in [1.82, 2.24) is 0 Å². The molecule has 0 aromatic heterocycles. The summed E-state index contributed by atoms with van der Waals surface area (Å²) in [6, 6.07) is 0. The summed E-state index contributed by atoms with van der Waals surface area (Å²) in [6.07, 6.45) is -2.17. The lowest BCUT2D eigenvalue weighted by molar-refractivity contribution is 0.171. The molecule has 0 spiro atoms. The van der Waals surface area contributed by atoms with Gasteiger partial charge < -0.3 is 0 Å². The second-order valence-corrected chi connectivity index (χ2v) is 2.93. The van der Waals surface area contributed by atoms with E-state index in [2.05, 4.69) is 10.7 Å². The second-order valence-electron chi connectivity index (χ2n) is 0.931. The highest BCUT2D eigenvalue weighted by Crippen LogP contribution is 1.83. The third kappa shape index (κ3) is 82200. The van der Waals surface area contributed by atoms with Gasteiger partial charge in [-0.05, 0) is 6.92 Å². The molecule has 0 saturated carbocycles. The molecule has 0 fully saturated rings. The number of alkyl halides is 2. The number of hydrogen-bond acceptors (Lipinski definition) is 2. The summed E-state index contributed by atoms with van der Waals surface area (Å²) < 4.78 is 45.8. The molecule has 0 heterocycles. The lowest BCUT2D eigenvalue weighted by Crippen LogP contribution is -1.77. The molecule has 0 aromatic carbocycles. The molecule has 0 amide bonds. The van der Waals surface area contributed by atoms with Crippen molar-refractivity contribution in [2.75, 3.05) is 0 Å². The van der Waals surface area contributed by atoms with Crippen molar-refractivity contribution in [1.29, 1.82) is 0 Å². The van der Waals surface area contributed by atoms with E-state index in [-0.39, 0.29) is 0 Å². The van der Waals surface area contributed by atoms with Crippen LogP contribution in [0.5, 0.6) is 0 Å². The first kappa shape index (κ1) is 11.8. The van der Waals surface area contributed by atoms with Crippen molar-refractivity contribution >= 4 is 20.0 Å². The van der Waals surface area contributed by atoms with Gasteiger partial charge in [-0.15, -0.1) is 0 Å². The SMILES string of the molecule is CC(F)F.O=S(=O)(O)Cl. The van der Waals surface area contributed by atoms with Gasteiger partial charge in [0.25, 0.3) is 0 Å². The van der Waals surface area contributed by atoms with Crippen molar-refractivity contribution < 1.29 is 21.8 Å². The van der Waals surface area contributed by atoms with Crippen molar-refractivity contribution in [2.45, 2.75) is 13.3 Å². The molecule has 0 aromatic rings. The molecule has 7 heteroatoms. The topological polar surface area (TPSA) is 54.4 Å². The van der Waals surface area contributed by atoms with Crippen LogP contribution < -0.4 is 0 Å². The minimum absolute atomic E-state index is 0.833. The molecule has 0 atom stereocenters. The minimum atomic E-state index is -4.19.